The van der Waals surface area contributed by atoms with Crippen LogP contribution in [-0.4, -0.2) is 35.9 Å². The van der Waals surface area contributed by atoms with E-state index in [2.05, 4.69) is 31.9 Å². The summed E-state index contributed by atoms with van der Waals surface area (Å²) >= 11 is 0. The highest BCUT2D eigenvalue weighted by atomic mass is 16.1. The molecule has 0 aliphatic heterocycles. The second-order valence-corrected chi connectivity index (χ2v) is 7.02. The lowest BCUT2D eigenvalue weighted by molar-refractivity contribution is 0.0950. The number of nitrogens with zero attached hydrogens (tertiary/aromatic N) is 6. The van der Waals surface area contributed by atoms with E-state index in [1.54, 1.807) is 27.7 Å². The molecule has 0 saturated carbocycles. The zero-order valence-corrected chi connectivity index (χ0v) is 16.8. The maximum absolute atomic E-state index is 12.1. The number of hydrogen-bond acceptors (Lipinski definition) is 5. The Morgan fingerprint density at radius 1 is 0.968 bits per heavy atom. The van der Waals surface area contributed by atoms with Gasteiger partial charge in [0, 0.05) is 12.0 Å². The fraction of sp³-hybridized carbons (Fsp3) is 0.174. The fourth-order valence-electron chi connectivity index (χ4n) is 3.13. The first kappa shape index (κ1) is 20.0. The molecule has 0 bridgehead atoms. The molecular weight excluding hydrogens is 390 g/mol. The highest BCUT2D eigenvalue weighted by Gasteiger charge is 2.13. The summed E-state index contributed by atoms with van der Waals surface area (Å²) in [5.74, 6) is 2.62. The smallest absolute Gasteiger partial charge is 0.251 e. The third-order valence-electron chi connectivity index (χ3n) is 4.72. The van der Waals surface area contributed by atoms with Gasteiger partial charge in [-0.2, -0.15) is 0 Å². The van der Waals surface area contributed by atoms with E-state index in [0.717, 1.165) is 11.3 Å². The molecule has 8 heteroatoms. The van der Waals surface area contributed by atoms with Crippen molar-refractivity contribution in [1.29, 1.82) is 0 Å². The van der Waals surface area contributed by atoms with Gasteiger partial charge in [-0.25, -0.2) is 9.36 Å². The van der Waals surface area contributed by atoms with Crippen molar-refractivity contribution in [2.45, 2.75) is 25.6 Å². The molecule has 1 N–H and O–H groups in total. The van der Waals surface area contributed by atoms with E-state index in [9.17, 15) is 4.79 Å². The molecule has 0 fully saturated rings. The number of benzene rings is 2. The van der Waals surface area contributed by atoms with Gasteiger partial charge in [-0.3, -0.25) is 4.79 Å². The number of aromatic nitrogens is 6. The molecule has 0 saturated heterocycles. The van der Waals surface area contributed by atoms with Gasteiger partial charge < -0.3 is 5.32 Å². The molecule has 154 valence electrons. The average molecular weight is 411 g/mol. The van der Waals surface area contributed by atoms with Crippen molar-refractivity contribution < 1.29 is 4.79 Å². The van der Waals surface area contributed by atoms with Gasteiger partial charge in [0.25, 0.3) is 5.91 Å². The minimum absolute atomic E-state index is 0.156. The normalized spacial score (nSPS) is 11.6. The second-order valence-electron chi connectivity index (χ2n) is 7.02. The second kappa shape index (κ2) is 9.50. The third-order valence-corrected chi connectivity index (χ3v) is 4.72. The number of terminal acetylenes is 1. The third kappa shape index (κ3) is 5.22. The molecular formula is C23H21N7O. The Morgan fingerprint density at radius 3 is 2.42 bits per heavy atom. The summed E-state index contributed by atoms with van der Waals surface area (Å²) in [6.07, 6.45) is 9.99. The van der Waals surface area contributed by atoms with E-state index in [1.165, 1.54) is 0 Å². The van der Waals surface area contributed by atoms with E-state index in [-0.39, 0.29) is 18.5 Å². The minimum atomic E-state index is -0.219. The zero-order chi connectivity index (χ0) is 21.5. The van der Waals surface area contributed by atoms with Crippen molar-refractivity contribution in [1.82, 2.24) is 35.3 Å². The lowest BCUT2D eigenvalue weighted by Crippen LogP contribution is -2.22. The van der Waals surface area contributed by atoms with Crippen molar-refractivity contribution >= 4 is 5.91 Å². The molecule has 2 aromatic heterocycles. The first-order chi connectivity index (χ1) is 15.2. The van der Waals surface area contributed by atoms with E-state index >= 15 is 0 Å². The van der Waals surface area contributed by atoms with E-state index < -0.39 is 0 Å². The highest BCUT2D eigenvalue weighted by Crippen LogP contribution is 2.13. The number of carbonyl (C=O) groups excluding carboxylic acids is 1. The molecule has 0 radical (unpaired) electrons. The van der Waals surface area contributed by atoms with Gasteiger partial charge in [-0.1, -0.05) is 64.9 Å². The predicted molar refractivity (Wildman–Crippen MR) is 115 cm³/mol. The van der Waals surface area contributed by atoms with Crippen molar-refractivity contribution in [3.8, 4) is 12.3 Å². The van der Waals surface area contributed by atoms with Gasteiger partial charge in [-0.15, -0.1) is 16.6 Å². The van der Waals surface area contributed by atoms with Gasteiger partial charge >= 0.3 is 0 Å². The van der Waals surface area contributed by atoms with E-state index in [4.69, 9.17) is 6.42 Å². The molecule has 0 spiro atoms. The summed E-state index contributed by atoms with van der Waals surface area (Å²) in [6, 6.07) is 18.8. The van der Waals surface area contributed by atoms with Crippen LogP contribution < -0.4 is 5.32 Å². The van der Waals surface area contributed by atoms with Crippen LogP contribution in [0.5, 0.6) is 0 Å². The molecule has 1 amide bonds. The van der Waals surface area contributed by atoms with Crippen LogP contribution in [0.3, 0.4) is 0 Å². The lowest BCUT2D eigenvalue weighted by atomic mass is 10.1. The molecule has 0 aliphatic carbocycles. The number of nitrogens with one attached hydrogen (secondary N) is 1. The van der Waals surface area contributed by atoms with Gasteiger partial charge in [-0.05, 0) is 17.7 Å². The minimum Gasteiger partial charge on any atom is -0.346 e. The number of hydrogen-bond donors (Lipinski definition) is 1. The fourth-order valence-corrected chi connectivity index (χ4v) is 3.13. The summed E-state index contributed by atoms with van der Waals surface area (Å²) in [5.41, 5.74) is 3.12. The molecule has 0 aliphatic rings. The quantitative estimate of drug-likeness (QED) is 0.449. The summed E-state index contributed by atoms with van der Waals surface area (Å²) in [7, 11) is 0. The van der Waals surface area contributed by atoms with Crippen molar-refractivity contribution in [3.05, 3.63) is 95.6 Å². The van der Waals surface area contributed by atoms with Crippen LogP contribution in [-0.2, 0) is 19.5 Å². The van der Waals surface area contributed by atoms with Gasteiger partial charge in [0.05, 0.1) is 25.5 Å². The van der Waals surface area contributed by atoms with Crippen LogP contribution in [0.2, 0.25) is 0 Å². The summed E-state index contributed by atoms with van der Waals surface area (Å²) in [5, 5.41) is 19.4. The lowest BCUT2D eigenvalue weighted by Gasteiger charge is -2.10. The molecule has 1 atom stereocenters. The van der Waals surface area contributed by atoms with Crippen LogP contribution in [0.1, 0.15) is 33.4 Å². The largest absolute Gasteiger partial charge is 0.346 e. The summed E-state index contributed by atoms with van der Waals surface area (Å²) in [4.78, 5) is 12.1. The van der Waals surface area contributed by atoms with Crippen LogP contribution >= 0.6 is 0 Å². The Labute approximate surface area is 179 Å². The topological polar surface area (TPSA) is 90.5 Å². The maximum atomic E-state index is 12.1. The van der Waals surface area contributed by atoms with Gasteiger partial charge in [0.15, 0.2) is 0 Å². The van der Waals surface area contributed by atoms with Gasteiger partial charge in [0.1, 0.15) is 17.4 Å². The standard InChI is InChI=1S/C23H21N7O/c1-2-22(13-18-9-5-3-6-10-18)30-17-21(26-28-30)16-29-15-20(25-27-29)14-24-23(31)19-11-7-4-8-12-19/h1,3-12,15,17,22H,13-14,16H2,(H,24,31). The molecule has 1 unspecified atom stereocenters. The Balaban J connectivity index is 1.34. The Morgan fingerprint density at radius 2 is 1.68 bits per heavy atom. The zero-order valence-electron chi connectivity index (χ0n) is 16.8. The van der Waals surface area contributed by atoms with Crippen LogP contribution in [0.25, 0.3) is 0 Å². The van der Waals surface area contributed by atoms with Crippen LogP contribution in [0, 0.1) is 12.3 Å². The highest BCUT2D eigenvalue weighted by molar-refractivity contribution is 5.94. The number of rotatable bonds is 8. The van der Waals surface area contributed by atoms with E-state index in [0.29, 0.717) is 24.2 Å². The Hall–Kier alpha value is -4.25. The van der Waals surface area contributed by atoms with Crippen molar-refractivity contribution in [2.24, 2.45) is 0 Å². The van der Waals surface area contributed by atoms with Crippen molar-refractivity contribution in [3.63, 3.8) is 0 Å². The molecule has 31 heavy (non-hydrogen) atoms. The maximum Gasteiger partial charge on any atom is 0.251 e. The van der Waals surface area contributed by atoms with Crippen LogP contribution in [0.15, 0.2) is 73.1 Å². The molecule has 2 heterocycles. The van der Waals surface area contributed by atoms with Gasteiger partial charge in [0.2, 0.25) is 0 Å². The number of amides is 1. The number of carbonyl (C=O) groups is 1. The first-order valence-corrected chi connectivity index (χ1v) is 9.84. The molecule has 8 nitrogen and oxygen atoms in total. The summed E-state index contributed by atoms with van der Waals surface area (Å²) in [6.45, 7) is 0.693. The first-order valence-electron chi connectivity index (χ1n) is 9.84. The van der Waals surface area contributed by atoms with Crippen LogP contribution in [0.4, 0.5) is 0 Å². The van der Waals surface area contributed by atoms with E-state index in [1.807, 2.05) is 54.7 Å². The molecule has 4 aromatic rings. The molecule has 2 aromatic carbocycles. The molecule has 4 rings (SSSR count). The Kier molecular flexibility index (Phi) is 6.14. The Bertz CT molecular complexity index is 1180. The predicted octanol–water partition coefficient (Wildman–Crippen LogP) is 2.26. The summed E-state index contributed by atoms with van der Waals surface area (Å²) < 4.78 is 3.35. The SMILES string of the molecule is C#CC(Cc1ccccc1)n1cc(Cn2cc(CNC(=O)c3ccccc3)nn2)nn1. The monoisotopic (exact) mass is 411 g/mol. The average Bonchev–Trinajstić information content (AvgIpc) is 3.47. The van der Waals surface area contributed by atoms with Crippen molar-refractivity contribution in [2.75, 3.05) is 0 Å².